The van der Waals surface area contributed by atoms with Crippen LogP contribution in [-0.4, -0.2) is 33.6 Å². The summed E-state index contributed by atoms with van der Waals surface area (Å²) in [5, 5.41) is 24.8. The van der Waals surface area contributed by atoms with Gasteiger partial charge >= 0.3 is 5.97 Å². The minimum atomic E-state index is -0.881. The van der Waals surface area contributed by atoms with Crippen LogP contribution < -0.4 is 10.6 Å². The van der Waals surface area contributed by atoms with Crippen molar-refractivity contribution < 1.29 is 24.2 Å². The Labute approximate surface area is 178 Å². The summed E-state index contributed by atoms with van der Waals surface area (Å²) in [4.78, 5) is 26.4. The molecule has 0 atom stereocenters. The second-order valence-corrected chi connectivity index (χ2v) is 6.97. The molecule has 1 heterocycles. The van der Waals surface area contributed by atoms with Gasteiger partial charge in [0.15, 0.2) is 0 Å². The van der Waals surface area contributed by atoms with Crippen LogP contribution in [0.4, 0.5) is 15.9 Å². The van der Waals surface area contributed by atoms with Crippen LogP contribution in [-0.2, 0) is 9.59 Å². The van der Waals surface area contributed by atoms with Crippen LogP contribution in [0.5, 0.6) is 5.75 Å². The molecule has 160 valence electrons. The third kappa shape index (κ3) is 6.02. The van der Waals surface area contributed by atoms with Crippen molar-refractivity contribution in [2.75, 3.05) is 17.2 Å². The van der Waals surface area contributed by atoms with Gasteiger partial charge in [-0.3, -0.25) is 9.59 Å². The highest BCUT2D eigenvalue weighted by atomic mass is 19.1. The molecule has 1 aromatic heterocycles. The van der Waals surface area contributed by atoms with Gasteiger partial charge in [-0.1, -0.05) is 12.1 Å². The van der Waals surface area contributed by atoms with Crippen LogP contribution >= 0.6 is 0 Å². The quantitative estimate of drug-likeness (QED) is 0.397. The number of halogens is 1. The number of nitrogens with one attached hydrogen (secondary N) is 2. The average molecular weight is 423 g/mol. The minimum absolute atomic E-state index is 0.0227. The molecule has 0 saturated carbocycles. The van der Waals surface area contributed by atoms with Gasteiger partial charge in [-0.2, -0.15) is 0 Å². The second kappa shape index (κ2) is 9.71. The van der Waals surface area contributed by atoms with Gasteiger partial charge in [-0.15, -0.1) is 0 Å². The molecular weight excluding hydrogens is 401 g/mol. The number of pyridine rings is 1. The Kier molecular flexibility index (Phi) is 6.81. The van der Waals surface area contributed by atoms with E-state index in [-0.39, 0.29) is 23.6 Å². The van der Waals surface area contributed by atoms with Gasteiger partial charge in [-0.05, 0) is 60.0 Å². The molecule has 3 aromatic rings. The Hall–Kier alpha value is -3.94. The lowest BCUT2D eigenvalue weighted by Gasteiger charge is -2.13. The summed E-state index contributed by atoms with van der Waals surface area (Å²) < 4.78 is 13.8. The first-order valence-electron chi connectivity index (χ1n) is 9.66. The number of nitrogens with zero attached hydrogens (tertiary/aromatic N) is 1. The van der Waals surface area contributed by atoms with E-state index in [1.54, 1.807) is 24.3 Å². The second-order valence-electron chi connectivity index (χ2n) is 6.97. The maximum Gasteiger partial charge on any atom is 0.303 e. The minimum Gasteiger partial charge on any atom is -0.507 e. The van der Waals surface area contributed by atoms with E-state index < -0.39 is 11.8 Å². The predicted molar refractivity (Wildman–Crippen MR) is 116 cm³/mol. The third-order valence-electron chi connectivity index (χ3n) is 4.47. The largest absolute Gasteiger partial charge is 0.507 e. The molecular formula is C23H22FN3O4. The summed E-state index contributed by atoms with van der Waals surface area (Å²) in [6.07, 6.45) is 0.433. The van der Waals surface area contributed by atoms with Gasteiger partial charge in [0.2, 0.25) is 5.91 Å². The smallest absolute Gasteiger partial charge is 0.303 e. The highest BCUT2D eigenvalue weighted by molar-refractivity contribution is 5.89. The summed E-state index contributed by atoms with van der Waals surface area (Å²) >= 11 is 0. The summed E-state index contributed by atoms with van der Waals surface area (Å²) in [7, 11) is 0. The van der Waals surface area contributed by atoms with Crippen molar-refractivity contribution in [2.24, 2.45) is 0 Å². The normalized spacial score (nSPS) is 10.5. The fourth-order valence-electron chi connectivity index (χ4n) is 3.04. The van der Waals surface area contributed by atoms with E-state index in [1.807, 2.05) is 12.1 Å². The van der Waals surface area contributed by atoms with Gasteiger partial charge in [0.25, 0.3) is 0 Å². The summed E-state index contributed by atoms with van der Waals surface area (Å²) in [6, 6.07) is 14.3. The number of benzene rings is 2. The highest BCUT2D eigenvalue weighted by Gasteiger charge is 2.12. The third-order valence-corrected chi connectivity index (χ3v) is 4.47. The molecule has 0 bridgehead atoms. The molecule has 7 nitrogen and oxygen atoms in total. The Morgan fingerprint density at radius 2 is 1.77 bits per heavy atom. The molecule has 8 heteroatoms. The van der Waals surface area contributed by atoms with Crippen molar-refractivity contribution in [3.63, 3.8) is 0 Å². The zero-order valence-electron chi connectivity index (χ0n) is 16.9. The summed E-state index contributed by atoms with van der Waals surface area (Å²) in [5.74, 6) is -1.20. The number of anilines is 2. The van der Waals surface area contributed by atoms with E-state index in [2.05, 4.69) is 15.6 Å². The zero-order chi connectivity index (χ0) is 22.4. The van der Waals surface area contributed by atoms with Crippen LogP contribution in [0.1, 0.15) is 19.8 Å². The molecule has 0 spiro atoms. The van der Waals surface area contributed by atoms with Crippen LogP contribution in [0.3, 0.4) is 0 Å². The van der Waals surface area contributed by atoms with Gasteiger partial charge in [0, 0.05) is 31.1 Å². The SMILES string of the molecule is CC(=O)Nc1ccc(-c2cc(NCCCC(=O)O)nc(-c3cc(F)ccc3O)c2)cc1. The zero-order valence-corrected chi connectivity index (χ0v) is 16.9. The number of aliphatic carboxylic acids is 1. The van der Waals surface area contributed by atoms with Gasteiger partial charge < -0.3 is 20.8 Å². The summed E-state index contributed by atoms with van der Waals surface area (Å²) in [5.41, 5.74) is 2.83. The van der Waals surface area contributed by atoms with E-state index in [4.69, 9.17) is 5.11 Å². The number of carboxylic acid groups (broad SMARTS) is 1. The maximum atomic E-state index is 13.8. The Morgan fingerprint density at radius 3 is 2.45 bits per heavy atom. The Bertz CT molecular complexity index is 1100. The number of hydrogen-bond donors (Lipinski definition) is 4. The number of aromatic hydroxyl groups is 1. The van der Waals surface area contributed by atoms with E-state index in [0.29, 0.717) is 30.2 Å². The first kappa shape index (κ1) is 21.8. The lowest BCUT2D eigenvalue weighted by atomic mass is 10.0. The van der Waals surface area contributed by atoms with E-state index in [9.17, 15) is 19.1 Å². The topological polar surface area (TPSA) is 112 Å². The molecule has 4 N–H and O–H groups in total. The number of phenols is 1. The number of amides is 1. The van der Waals surface area contributed by atoms with Crippen LogP contribution in [0.25, 0.3) is 22.4 Å². The van der Waals surface area contributed by atoms with Crippen molar-refractivity contribution >= 4 is 23.4 Å². The lowest BCUT2D eigenvalue weighted by molar-refractivity contribution is -0.137. The number of rotatable bonds is 8. The molecule has 1 amide bonds. The van der Waals surface area contributed by atoms with E-state index in [0.717, 1.165) is 17.2 Å². The maximum absolute atomic E-state index is 13.8. The molecule has 3 rings (SSSR count). The van der Waals surface area contributed by atoms with Crippen molar-refractivity contribution in [3.05, 3.63) is 60.4 Å². The number of phenolic OH excluding ortho intramolecular Hbond substituents is 1. The molecule has 0 saturated heterocycles. The van der Waals surface area contributed by atoms with Crippen molar-refractivity contribution in [1.82, 2.24) is 4.98 Å². The van der Waals surface area contributed by atoms with E-state index in [1.165, 1.54) is 19.1 Å². The molecule has 0 radical (unpaired) electrons. The molecule has 2 aromatic carbocycles. The van der Waals surface area contributed by atoms with Gasteiger partial charge in [-0.25, -0.2) is 9.37 Å². The first-order chi connectivity index (χ1) is 14.8. The Morgan fingerprint density at radius 1 is 1.03 bits per heavy atom. The molecule has 0 aliphatic heterocycles. The lowest BCUT2D eigenvalue weighted by Crippen LogP contribution is -2.07. The average Bonchev–Trinajstić information content (AvgIpc) is 2.73. The van der Waals surface area contributed by atoms with Crippen LogP contribution in [0.15, 0.2) is 54.6 Å². The fraction of sp³-hybridized carbons (Fsp3) is 0.174. The number of aromatic nitrogens is 1. The summed E-state index contributed by atoms with van der Waals surface area (Å²) in [6.45, 7) is 1.82. The van der Waals surface area contributed by atoms with Gasteiger partial charge in [0.05, 0.1) is 5.69 Å². The van der Waals surface area contributed by atoms with Crippen LogP contribution in [0.2, 0.25) is 0 Å². The first-order valence-corrected chi connectivity index (χ1v) is 9.66. The molecule has 0 fully saturated rings. The highest BCUT2D eigenvalue weighted by Crippen LogP contribution is 2.33. The standard InChI is InChI=1S/C23H22FN3O4/c1-14(28)26-18-7-4-15(5-8-18)16-11-20(19-13-17(24)6-9-21(19)29)27-22(12-16)25-10-2-3-23(30)31/h4-9,11-13,29H,2-3,10H2,1H3,(H,25,27)(H,26,28)(H,30,31). The number of carbonyl (C=O) groups excluding carboxylic acids is 1. The molecule has 0 aliphatic rings. The number of carbonyl (C=O) groups is 2. The van der Waals surface area contributed by atoms with Gasteiger partial charge in [0.1, 0.15) is 17.4 Å². The molecule has 31 heavy (non-hydrogen) atoms. The number of hydrogen-bond acceptors (Lipinski definition) is 5. The van der Waals surface area contributed by atoms with Crippen molar-refractivity contribution in [1.29, 1.82) is 0 Å². The number of carboxylic acids is 1. The van der Waals surface area contributed by atoms with E-state index >= 15 is 0 Å². The van der Waals surface area contributed by atoms with Crippen molar-refractivity contribution in [3.8, 4) is 28.1 Å². The van der Waals surface area contributed by atoms with Crippen LogP contribution in [0, 0.1) is 5.82 Å². The molecule has 0 aliphatic carbocycles. The van der Waals surface area contributed by atoms with Crippen molar-refractivity contribution in [2.45, 2.75) is 19.8 Å². The fourth-order valence-corrected chi connectivity index (χ4v) is 3.04. The predicted octanol–water partition coefficient (Wildman–Crippen LogP) is 4.50. The Balaban J connectivity index is 1.97. The molecule has 0 unspecified atom stereocenters. The monoisotopic (exact) mass is 423 g/mol.